The van der Waals surface area contributed by atoms with E-state index in [4.69, 9.17) is 73.5 Å². The lowest BCUT2D eigenvalue weighted by atomic mass is 9.77. The highest BCUT2D eigenvalue weighted by molar-refractivity contribution is 6.20. The van der Waals surface area contributed by atoms with Crippen molar-refractivity contribution in [3.05, 3.63) is 188 Å². The molecule has 0 saturated carbocycles. The van der Waals surface area contributed by atoms with Gasteiger partial charge in [-0.15, -0.1) is 0 Å². The van der Waals surface area contributed by atoms with E-state index in [1.54, 1.807) is 0 Å². The van der Waals surface area contributed by atoms with E-state index in [0.717, 1.165) is 125 Å². The van der Waals surface area contributed by atoms with Crippen molar-refractivity contribution in [2.75, 3.05) is 33.0 Å². The fourth-order valence-electron chi connectivity index (χ4n) is 13.4. The predicted molar refractivity (Wildman–Crippen MR) is 407 cm³/mol. The molecule has 16 rings (SSSR count). The Morgan fingerprint density at radius 1 is 0.218 bits per heavy atom. The summed E-state index contributed by atoms with van der Waals surface area (Å²) >= 11 is 0. The molecule has 0 spiro atoms. The van der Waals surface area contributed by atoms with E-state index in [9.17, 15) is 0 Å². The maximum Gasteiger partial charge on any atom is 0.147 e. The molecular formula is C86H75N10O5. The second-order valence-electron chi connectivity index (χ2n) is 25.6. The Kier molecular flexibility index (Phi) is 18.0. The molecule has 0 aliphatic rings. The number of para-hydroxylation sites is 10. The van der Waals surface area contributed by atoms with Crippen molar-refractivity contribution in [3.63, 3.8) is 0 Å². The summed E-state index contributed by atoms with van der Waals surface area (Å²) in [6.45, 7) is 13.2. The van der Waals surface area contributed by atoms with Crippen LogP contribution in [0.25, 0.3) is 166 Å². The van der Waals surface area contributed by atoms with Gasteiger partial charge in [0.05, 0.1) is 88.2 Å². The maximum atomic E-state index is 6.85. The summed E-state index contributed by atoms with van der Waals surface area (Å²) in [6, 6.07) is 65.3. The Morgan fingerprint density at radius 3 is 0.624 bits per heavy atom. The van der Waals surface area contributed by atoms with Gasteiger partial charge in [0.2, 0.25) is 0 Å². The molecule has 0 N–H and O–H groups in total. The summed E-state index contributed by atoms with van der Waals surface area (Å²) in [5, 5.41) is 0. The first-order valence-electron chi connectivity index (χ1n) is 35.7. The van der Waals surface area contributed by atoms with Crippen LogP contribution in [0.2, 0.25) is 0 Å². The molecule has 0 fully saturated rings. The highest BCUT2D eigenvalue weighted by Crippen LogP contribution is 2.56. The summed E-state index contributed by atoms with van der Waals surface area (Å²) in [4.78, 5) is 56.2. The molecule has 15 nitrogen and oxygen atoms in total. The molecule has 0 aliphatic carbocycles. The minimum absolute atomic E-state index is 0.475. The average molecular weight is 1330 g/mol. The molecule has 0 aliphatic heterocycles. The topological polar surface area (TPSA) is 175 Å². The Morgan fingerprint density at radius 2 is 0.406 bits per heavy atom. The van der Waals surface area contributed by atoms with Crippen molar-refractivity contribution < 1.29 is 23.7 Å². The molecule has 1 radical (unpaired) electrons. The molecule has 0 amide bonds. The lowest BCUT2D eigenvalue weighted by Crippen LogP contribution is -2.06. The van der Waals surface area contributed by atoms with Gasteiger partial charge in [0.25, 0.3) is 0 Å². The number of nitrogens with zero attached hydrogens (tertiary/aromatic N) is 10. The van der Waals surface area contributed by atoms with Crippen LogP contribution in [0, 0.1) is 6.07 Å². The second-order valence-corrected chi connectivity index (χ2v) is 25.6. The number of unbranched alkanes of at least 4 members (excludes halogenated alkanes) is 5. The van der Waals surface area contributed by atoms with E-state index >= 15 is 0 Å². The molecular weight excluding hydrogens is 1250 g/mol. The summed E-state index contributed by atoms with van der Waals surface area (Å²) in [6.07, 6.45) is 8.94. The van der Waals surface area contributed by atoms with Crippen LogP contribution in [0.15, 0.2) is 182 Å². The third kappa shape index (κ3) is 12.1. The second kappa shape index (κ2) is 28.3. The number of aromatic nitrogens is 10. The van der Waals surface area contributed by atoms with Crippen molar-refractivity contribution in [1.82, 2.24) is 49.8 Å². The smallest absolute Gasteiger partial charge is 0.147 e. The Hall–Kier alpha value is -11.6. The Labute approximate surface area is 585 Å². The summed E-state index contributed by atoms with van der Waals surface area (Å²) in [7, 11) is 0. The number of benzene rings is 11. The van der Waals surface area contributed by atoms with Gasteiger partial charge in [0, 0.05) is 61.7 Å². The third-order valence-corrected chi connectivity index (χ3v) is 18.7. The van der Waals surface area contributed by atoms with Crippen molar-refractivity contribution in [2.45, 2.75) is 98.8 Å². The van der Waals surface area contributed by atoms with Crippen molar-refractivity contribution in [2.24, 2.45) is 0 Å². The van der Waals surface area contributed by atoms with Gasteiger partial charge in [-0.1, -0.05) is 127 Å². The van der Waals surface area contributed by atoms with Gasteiger partial charge in [-0.2, -0.15) is 0 Å². The molecule has 5 aromatic heterocycles. The zero-order valence-corrected chi connectivity index (χ0v) is 57.4. The van der Waals surface area contributed by atoms with Crippen LogP contribution in [0.1, 0.15) is 98.8 Å². The van der Waals surface area contributed by atoms with Gasteiger partial charge in [0.15, 0.2) is 0 Å². The van der Waals surface area contributed by atoms with Crippen LogP contribution in [0.5, 0.6) is 28.7 Å². The van der Waals surface area contributed by atoms with E-state index < -0.39 is 0 Å². The molecule has 0 saturated heterocycles. The van der Waals surface area contributed by atoms with Crippen LogP contribution in [-0.2, 0) is 0 Å². The van der Waals surface area contributed by atoms with Crippen LogP contribution in [0.4, 0.5) is 0 Å². The first-order valence-corrected chi connectivity index (χ1v) is 35.7. The van der Waals surface area contributed by atoms with E-state index in [2.05, 4.69) is 77.1 Å². The highest BCUT2D eigenvalue weighted by atomic mass is 16.5. The third-order valence-electron chi connectivity index (χ3n) is 18.7. The van der Waals surface area contributed by atoms with Crippen LogP contribution in [0.3, 0.4) is 0 Å². The first-order chi connectivity index (χ1) is 49.9. The Bertz CT molecular complexity index is 5580. The summed E-state index contributed by atoms with van der Waals surface area (Å²) in [5.74, 6) is 3.05. The normalized spacial score (nSPS) is 11.8. The zero-order valence-electron chi connectivity index (χ0n) is 57.4. The van der Waals surface area contributed by atoms with Gasteiger partial charge >= 0.3 is 0 Å². The van der Waals surface area contributed by atoms with E-state index in [1.165, 1.54) is 0 Å². The minimum atomic E-state index is 0.475. The average Bonchev–Trinajstić information content (AvgIpc) is 0.703. The SMILES string of the molecule is CCCCOc1ccc(-c2[c]c(-c3ccc(OCCCC)c4nc5ccccc5nc34)c(-c3ccc(OCCCC)c4nc5ccccc5nc34)c(-c3ccc(OCCCC)c4nc5ccccc5nc34)c2-c2ccc(OCCCC)c3nc4ccccc4nc23)c2nc3ccccc3nc12. The Balaban J connectivity index is 1.18. The van der Waals surface area contributed by atoms with Crippen LogP contribution < -0.4 is 23.7 Å². The number of rotatable bonds is 25. The molecule has 0 atom stereocenters. The number of hydrogen-bond acceptors (Lipinski definition) is 15. The van der Waals surface area contributed by atoms with Crippen molar-refractivity contribution in [1.29, 1.82) is 0 Å². The number of hydrogen-bond donors (Lipinski definition) is 0. The number of ether oxygens (including phenoxy) is 5. The largest absolute Gasteiger partial charge is 0.491 e. The van der Waals surface area contributed by atoms with Gasteiger partial charge < -0.3 is 23.7 Å². The van der Waals surface area contributed by atoms with Gasteiger partial charge in [-0.25, -0.2) is 49.8 Å². The molecule has 101 heavy (non-hydrogen) atoms. The van der Waals surface area contributed by atoms with E-state index in [0.29, 0.717) is 167 Å². The van der Waals surface area contributed by atoms with E-state index in [-0.39, 0.29) is 0 Å². The highest BCUT2D eigenvalue weighted by Gasteiger charge is 2.33. The van der Waals surface area contributed by atoms with Crippen LogP contribution in [-0.4, -0.2) is 82.9 Å². The van der Waals surface area contributed by atoms with Gasteiger partial charge in [-0.3, -0.25) is 0 Å². The summed E-state index contributed by atoms with van der Waals surface area (Å²) in [5.41, 5.74) is 20.1. The number of fused-ring (bicyclic) bond motifs is 10. The van der Waals surface area contributed by atoms with Gasteiger partial charge in [-0.05, 0) is 153 Å². The molecule has 0 bridgehead atoms. The first kappa shape index (κ1) is 64.1. The van der Waals surface area contributed by atoms with Crippen molar-refractivity contribution >= 4 is 110 Å². The van der Waals surface area contributed by atoms with Crippen molar-refractivity contribution in [3.8, 4) is 84.4 Å². The lowest BCUT2D eigenvalue weighted by molar-refractivity contribution is 0.312. The molecule has 499 valence electrons. The molecule has 16 aromatic rings. The standard InChI is InChI=1S/C86H75N10O5/c1-6-11-46-97-69-41-36-52(77-82(69)92-64-31-21-16-26-59(64)87-77)57-51-58(53-37-42-70(98-47-12-7-2)83-78(53)88-60-27-17-22-32-65(60)93-83)75(55-39-44-72(100-49-14-9-4)85-80(55)90-62-29-19-24-34-67(62)95-85)76(56-40-45-73(101-50-15-10-5)86-81(56)91-63-30-20-25-35-68(63)96-86)74(57)54-38-43-71(99-48-13-8-3)84-79(54)89-61-28-18-23-33-66(61)94-84/h16-45H,6-15,46-50H2,1-5H3. The molecule has 5 heterocycles. The van der Waals surface area contributed by atoms with E-state index in [1.807, 2.05) is 146 Å². The lowest BCUT2D eigenvalue weighted by Gasteiger charge is -2.27. The molecule has 11 aromatic carbocycles. The quantitative estimate of drug-likeness (QED) is 0.0390. The maximum absolute atomic E-state index is 6.85. The molecule has 15 heteroatoms. The van der Waals surface area contributed by atoms with Crippen LogP contribution >= 0.6 is 0 Å². The zero-order chi connectivity index (χ0) is 68.3. The predicted octanol–water partition coefficient (Wildman–Crippen LogP) is 21.2. The monoisotopic (exact) mass is 1330 g/mol. The van der Waals surface area contributed by atoms with Gasteiger partial charge in [0.1, 0.15) is 83.9 Å². The fraction of sp³-hybridized carbons (Fsp3) is 0.233. The molecule has 0 unspecified atom stereocenters. The minimum Gasteiger partial charge on any atom is -0.491 e. The summed E-state index contributed by atoms with van der Waals surface area (Å²) < 4.78 is 34.0. The fourth-order valence-corrected chi connectivity index (χ4v) is 13.4.